The van der Waals surface area contributed by atoms with Crippen molar-refractivity contribution >= 4 is 0 Å². The molecule has 1 fully saturated rings. The molecule has 84 valence electrons. The first-order valence-corrected chi connectivity index (χ1v) is 5.36. The van der Waals surface area contributed by atoms with Crippen molar-refractivity contribution in [3.8, 4) is 0 Å². The molecular formula is C11H21F2N. The average molecular weight is 205 g/mol. The highest BCUT2D eigenvalue weighted by Crippen LogP contribution is 2.40. The van der Waals surface area contributed by atoms with E-state index >= 15 is 0 Å². The average Bonchev–Trinajstić information content (AvgIpc) is 1.99. The third-order valence-electron chi connectivity index (χ3n) is 3.19. The maximum atomic E-state index is 13.1. The summed E-state index contributed by atoms with van der Waals surface area (Å²) in [7, 11) is 0. The molecule has 0 radical (unpaired) electrons. The fraction of sp³-hybridized carbons (Fsp3) is 1.00. The van der Waals surface area contributed by atoms with Gasteiger partial charge in [-0.1, -0.05) is 20.8 Å². The van der Waals surface area contributed by atoms with Crippen LogP contribution in [0.25, 0.3) is 0 Å². The van der Waals surface area contributed by atoms with Gasteiger partial charge in [0.1, 0.15) is 0 Å². The van der Waals surface area contributed by atoms with Gasteiger partial charge in [0.05, 0.1) is 0 Å². The molecule has 0 aromatic rings. The third kappa shape index (κ3) is 2.91. The summed E-state index contributed by atoms with van der Waals surface area (Å²) < 4.78 is 26.3. The van der Waals surface area contributed by atoms with Crippen LogP contribution in [0.1, 0.15) is 46.5 Å². The molecule has 0 aromatic heterocycles. The molecular weight excluding hydrogens is 184 g/mol. The Morgan fingerprint density at radius 3 is 2.36 bits per heavy atom. The van der Waals surface area contributed by atoms with E-state index in [2.05, 4.69) is 0 Å². The van der Waals surface area contributed by atoms with E-state index in [1.807, 2.05) is 20.8 Å². The summed E-state index contributed by atoms with van der Waals surface area (Å²) in [5.74, 6) is -2.50. The highest BCUT2D eigenvalue weighted by atomic mass is 19.3. The molecule has 2 atom stereocenters. The largest absolute Gasteiger partial charge is 0.327 e. The highest BCUT2D eigenvalue weighted by molar-refractivity contribution is 4.89. The Bertz CT molecular complexity index is 193. The Morgan fingerprint density at radius 2 is 1.93 bits per heavy atom. The van der Waals surface area contributed by atoms with Crippen molar-refractivity contribution in [2.45, 2.75) is 58.4 Å². The van der Waals surface area contributed by atoms with E-state index in [9.17, 15) is 8.78 Å². The molecule has 2 unspecified atom stereocenters. The normalized spacial score (nSPS) is 30.0. The Balaban J connectivity index is 2.61. The number of rotatable bonds is 1. The number of hydrogen-bond donors (Lipinski definition) is 1. The van der Waals surface area contributed by atoms with Crippen molar-refractivity contribution in [3.05, 3.63) is 0 Å². The molecule has 0 spiro atoms. The first-order chi connectivity index (χ1) is 6.22. The molecule has 0 bridgehead atoms. The molecule has 14 heavy (non-hydrogen) atoms. The molecule has 1 saturated carbocycles. The van der Waals surface area contributed by atoms with Crippen molar-refractivity contribution in [2.75, 3.05) is 0 Å². The molecule has 0 amide bonds. The van der Waals surface area contributed by atoms with Crippen LogP contribution in [-0.2, 0) is 0 Å². The second kappa shape index (κ2) is 3.76. The molecule has 0 aliphatic heterocycles. The lowest BCUT2D eigenvalue weighted by atomic mass is 9.72. The fourth-order valence-electron chi connectivity index (χ4n) is 2.22. The lowest BCUT2D eigenvalue weighted by molar-refractivity contribution is -0.0617. The standard InChI is InChI=1S/C11H21F2N/c1-10(2,3)9(14)8-5-4-6-11(12,13)7-8/h8-9H,4-7,14H2,1-3H3. The van der Waals surface area contributed by atoms with Gasteiger partial charge in [-0.2, -0.15) is 0 Å². The van der Waals surface area contributed by atoms with Crippen LogP contribution < -0.4 is 5.73 Å². The fourth-order valence-corrected chi connectivity index (χ4v) is 2.22. The van der Waals surface area contributed by atoms with Crippen molar-refractivity contribution in [1.29, 1.82) is 0 Å². The first-order valence-electron chi connectivity index (χ1n) is 5.36. The third-order valence-corrected chi connectivity index (χ3v) is 3.19. The van der Waals surface area contributed by atoms with Gasteiger partial charge in [-0.15, -0.1) is 0 Å². The van der Waals surface area contributed by atoms with E-state index in [1.165, 1.54) is 0 Å². The van der Waals surface area contributed by atoms with Crippen LogP contribution in [-0.4, -0.2) is 12.0 Å². The minimum atomic E-state index is -2.48. The summed E-state index contributed by atoms with van der Waals surface area (Å²) in [5, 5.41) is 0. The van der Waals surface area contributed by atoms with Gasteiger partial charge in [0, 0.05) is 18.9 Å². The predicted molar refractivity (Wildman–Crippen MR) is 54.3 cm³/mol. The number of halogens is 2. The molecule has 1 aliphatic carbocycles. The van der Waals surface area contributed by atoms with Crippen LogP contribution in [0.2, 0.25) is 0 Å². The number of alkyl halides is 2. The SMILES string of the molecule is CC(C)(C)C(N)C1CCCC(F)(F)C1. The van der Waals surface area contributed by atoms with Gasteiger partial charge in [-0.25, -0.2) is 8.78 Å². The second-order valence-electron chi connectivity index (χ2n) is 5.60. The molecule has 0 aromatic carbocycles. The van der Waals surface area contributed by atoms with Crippen molar-refractivity contribution in [1.82, 2.24) is 0 Å². The summed E-state index contributed by atoms with van der Waals surface area (Å²) in [6.45, 7) is 6.05. The number of nitrogens with two attached hydrogens (primary N) is 1. The van der Waals surface area contributed by atoms with Gasteiger partial charge in [0.25, 0.3) is 0 Å². The summed E-state index contributed by atoms with van der Waals surface area (Å²) in [5.41, 5.74) is 5.94. The lowest BCUT2D eigenvalue weighted by Gasteiger charge is -2.38. The Labute approximate surface area is 85.1 Å². The Morgan fingerprint density at radius 1 is 1.36 bits per heavy atom. The van der Waals surface area contributed by atoms with Crippen LogP contribution in [0.4, 0.5) is 8.78 Å². The number of hydrogen-bond acceptors (Lipinski definition) is 1. The van der Waals surface area contributed by atoms with Crippen LogP contribution in [0, 0.1) is 11.3 Å². The second-order valence-corrected chi connectivity index (χ2v) is 5.60. The van der Waals surface area contributed by atoms with Crippen LogP contribution >= 0.6 is 0 Å². The van der Waals surface area contributed by atoms with Crippen LogP contribution in [0.3, 0.4) is 0 Å². The van der Waals surface area contributed by atoms with Gasteiger partial charge in [0.15, 0.2) is 0 Å². The van der Waals surface area contributed by atoms with E-state index in [-0.39, 0.29) is 30.2 Å². The zero-order chi connectivity index (χ0) is 11.0. The first kappa shape index (κ1) is 11.9. The molecule has 3 heteroatoms. The van der Waals surface area contributed by atoms with Crippen LogP contribution in [0.5, 0.6) is 0 Å². The minimum absolute atomic E-state index is 0.0150. The van der Waals surface area contributed by atoms with Gasteiger partial charge in [0.2, 0.25) is 5.92 Å². The van der Waals surface area contributed by atoms with Gasteiger partial charge >= 0.3 is 0 Å². The van der Waals surface area contributed by atoms with Crippen molar-refractivity contribution in [3.63, 3.8) is 0 Å². The topological polar surface area (TPSA) is 26.0 Å². The molecule has 0 saturated heterocycles. The smallest absolute Gasteiger partial charge is 0.248 e. The molecule has 1 nitrogen and oxygen atoms in total. The zero-order valence-electron chi connectivity index (χ0n) is 9.32. The van der Waals surface area contributed by atoms with E-state index in [0.717, 1.165) is 6.42 Å². The Hall–Kier alpha value is -0.180. The monoisotopic (exact) mass is 205 g/mol. The lowest BCUT2D eigenvalue weighted by Crippen LogP contribution is -2.45. The quantitative estimate of drug-likeness (QED) is 0.699. The van der Waals surface area contributed by atoms with E-state index < -0.39 is 5.92 Å². The summed E-state index contributed by atoms with van der Waals surface area (Å²) in [6, 6.07) is -0.117. The summed E-state index contributed by atoms with van der Waals surface area (Å²) >= 11 is 0. The van der Waals surface area contributed by atoms with Gasteiger partial charge in [-0.3, -0.25) is 0 Å². The predicted octanol–water partition coefficient (Wildman–Crippen LogP) is 3.19. The maximum Gasteiger partial charge on any atom is 0.248 e. The van der Waals surface area contributed by atoms with Gasteiger partial charge in [-0.05, 0) is 24.2 Å². The Kier molecular flexibility index (Phi) is 3.20. The molecule has 1 aliphatic rings. The maximum absolute atomic E-state index is 13.1. The van der Waals surface area contributed by atoms with Gasteiger partial charge < -0.3 is 5.73 Å². The van der Waals surface area contributed by atoms with Crippen molar-refractivity contribution in [2.24, 2.45) is 17.1 Å². The van der Waals surface area contributed by atoms with E-state index in [0.29, 0.717) is 6.42 Å². The summed E-state index contributed by atoms with van der Waals surface area (Å²) in [6.07, 6.45) is 1.49. The molecule has 0 heterocycles. The highest BCUT2D eigenvalue weighted by Gasteiger charge is 2.41. The zero-order valence-corrected chi connectivity index (χ0v) is 9.32. The van der Waals surface area contributed by atoms with Crippen LogP contribution in [0.15, 0.2) is 0 Å². The van der Waals surface area contributed by atoms with Crippen molar-refractivity contribution < 1.29 is 8.78 Å². The summed E-state index contributed by atoms with van der Waals surface area (Å²) in [4.78, 5) is 0. The molecule has 2 N–H and O–H groups in total. The minimum Gasteiger partial charge on any atom is -0.327 e. The molecule has 1 rings (SSSR count). The van der Waals surface area contributed by atoms with E-state index in [1.54, 1.807) is 0 Å². The van der Waals surface area contributed by atoms with E-state index in [4.69, 9.17) is 5.73 Å².